The lowest BCUT2D eigenvalue weighted by Crippen LogP contribution is -3.15. The number of benzene rings is 1. The lowest BCUT2D eigenvalue weighted by molar-refractivity contribution is -0.897. The molecule has 0 aliphatic carbocycles. The van der Waals surface area contributed by atoms with Crippen LogP contribution in [0.15, 0.2) is 30.0 Å². The van der Waals surface area contributed by atoms with Gasteiger partial charge in [0.15, 0.2) is 11.6 Å². The molecule has 1 saturated heterocycles. The maximum absolute atomic E-state index is 10.7. The fourth-order valence-corrected chi connectivity index (χ4v) is 4.35. The molecule has 152 valence electrons. The van der Waals surface area contributed by atoms with E-state index >= 15 is 0 Å². The number of nitrogens with zero attached hydrogens (tertiary/aromatic N) is 5. The predicted octanol–water partition coefficient (Wildman–Crippen LogP) is 1.86. The van der Waals surface area contributed by atoms with Crippen LogP contribution in [0, 0.1) is 11.3 Å². The first-order chi connectivity index (χ1) is 14.2. The van der Waals surface area contributed by atoms with Crippen molar-refractivity contribution in [2.75, 3.05) is 37.6 Å². The van der Waals surface area contributed by atoms with Gasteiger partial charge in [-0.25, -0.2) is 0 Å². The minimum Gasteiger partial charge on any atom is -0.506 e. The molecule has 0 saturated carbocycles. The lowest BCUT2D eigenvalue weighted by Gasteiger charge is -2.33. The van der Waals surface area contributed by atoms with Crippen LogP contribution in [-0.2, 0) is 13.0 Å². The summed E-state index contributed by atoms with van der Waals surface area (Å²) in [7, 11) is 0. The van der Waals surface area contributed by atoms with E-state index in [1.165, 1.54) is 4.90 Å². The number of rotatable bonds is 4. The van der Waals surface area contributed by atoms with Crippen molar-refractivity contribution in [1.29, 1.82) is 5.26 Å². The second-order valence-electron chi connectivity index (χ2n) is 7.73. The third-order valence-corrected chi connectivity index (χ3v) is 6.03. The fraction of sp³-hybridized carbons (Fsp3) is 0.476. The Labute approximate surface area is 175 Å². The summed E-state index contributed by atoms with van der Waals surface area (Å²) in [5, 5.41) is 29.7. The van der Waals surface area contributed by atoms with Gasteiger partial charge in [0.05, 0.1) is 26.2 Å². The molecule has 1 aromatic carbocycles. The van der Waals surface area contributed by atoms with Crippen molar-refractivity contribution in [2.24, 2.45) is 0 Å². The molecule has 2 aromatic rings. The third kappa shape index (κ3) is 4.39. The van der Waals surface area contributed by atoms with Crippen LogP contribution in [0.3, 0.4) is 0 Å². The number of anilines is 1. The lowest BCUT2D eigenvalue weighted by atomic mass is 10.2. The molecule has 0 radical (unpaired) electrons. The summed E-state index contributed by atoms with van der Waals surface area (Å²) >= 11 is 6.11. The standard InChI is InChI=1S/C21H25ClN6O/c22-16-5-4-6-17(13-16)27-11-9-26(10-12-27)15-19(29)18(14-23)21-25-24-20-7-2-1-3-8-28(20)21/h4-6,13,29H,1-3,7-12,15H2/p+1/b19-18-. The minimum absolute atomic E-state index is 0.109. The molecule has 7 nitrogen and oxygen atoms in total. The Morgan fingerprint density at radius 1 is 1.17 bits per heavy atom. The molecule has 0 bridgehead atoms. The first-order valence-electron chi connectivity index (χ1n) is 10.2. The number of hydrogen-bond donors (Lipinski definition) is 2. The second-order valence-corrected chi connectivity index (χ2v) is 8.17. The van der Waals surface area contributed by atoms with Crippen LogP contribution in [0.4, 0.5) is 5.69 Å². The number of nitrogens with one attached hydrogen (secondary N) is 1. The molecule has 2 aliphatic rings. The van der Waals surface area contributed by atoms with Gasteiger partial charge in [-0.05, 0) is 31.0 Å². The van der Waals surface area contributed by atoms with Crippen molar-refractivity contribution in [3.63, 3.8) is 0 Å². The molecule has 3 heterocycles. The van der Waals surface area contributed by atoms with E-state index in [1.807, 2.05) is 22.8 Å². The molecule has 29 heavy (non-hydrogen) atoms. The van der Waals surface area contributed by atoms with Gasteiger partial charge >= 0.3 is 0 Å². The van der Waals surface area contributed by atoms with E-state index in [9.17, 15) is 10.4 Å². The summed E-state index contributed by atoms with van der Waals surface area (Å²) in [5.74, 6) is 1.54. The number of aliphatic hydroxyl groups is 1. The normalized spacial score (nSPS) is 18.6. The van der Waals surface area contributed by atoms with Crippen LogP contribution in [0.2, 0.25) is 5.02 Å². The summed E-state index contributed by atoms with van der Waals surface area (Å²) in [6.45, 7) is 4.76. The van der Waals surface area contributed by atoms with Gasteiger partial charge < -0.3 is 19.5 Å². The highest BCUT2D eigenvalue weighted by Crippen LogP contribution is 2.21. The highest BCUT2D eigenvalue weighted by Gasteiger charge is 2.25. The summed E-state index contributed by atoms with van der Waals surface area (Å²) in [4.78, 5) is 3.56. The molecule has 0 atom stereocenters. The largest absolute Gasteiger partial charge is 0.506 e. The Kier molecular flexibility index (Phi) is 6.02. The van der Waals surface area contributed by atoms with Crippen LogP contribution in [-0.4, -0.2) is 52.6 Å². The number of allylic oxidation sites excluding steroid dienone is 1. The highest BCUT2D eigenvalue weighted by molar-refractivity contribution is 6.30. The van der Waals surface area contributed by atoms with Crippen LogP contribution >= 0.6 is 11.6 Å². The number of fused-ring (bicyclic) bond motifs is 1. The number of quaternary nitrogens is 1. The average Bonchev–Trinajstić information content (AvgIpc) is 2.96. The quantitative estimate of drug-likeness (QED) is 0.590. The van der Waals surface area contributed by atoms with E-state index in [-0.39, 0.29) is 11.3 Å². The van der Waals surface area contributed by atoms with Gasteiger partial charge in [0.25, 0.3) is 0 Å². The Hall–Kier alpha value is -2.56. The van der Waals surface area contributed by atoms with Crippen LogP contribution < -0.4 is 9.80 Å². The molecule has 2 N–H and O–H groups in total. The van der Waals surface area contributed by atoms with E-state index in [1.54, 1.807) is 0 Å². The molecule has 4 rings (SSSR count). The van der Waals surface area contributed by atoms with E-state index in [2.05, 4.69) is 27.2 Å². The van der Waals surface area contributed by atoms with Gasteiger partial charge in [0.2, 0.25) is 0 Å². The SMILES string of the molecule is N#C/C(=C(/O)C[NH+]1CCN(c2cccc(Cl)c2)CC1)c1nnc2n1CCCCC2. The van der Waals surface area contributed by atoms with Crippen molar-refractivity contribution in [2.45, 2.75) is 32.2 Å². The summed E-state index contributed by atoms with van der Waals surface area (Å²) in [5.41, 5.74) is 1.38. The highest BCUT2D eigenvalue weighted by atomic mass is 35.5. The summed E-state index contributed by atoms with van der Waals surface area (Å²) < 4.78 is 2.01. The summed E-state index contributed by atoms with van der Waals surface area (Å²) in [6, 6.07) is 10.1. The number of aromatic nitrogens is 3. The van der Waals surface area contributed by atoms with Gasteiger partial charge in [-0.2, -0.15) is 5.26 Å². The van der Waals surface area contributed by atoms with E-state index < -0.39 is 0 Å². The van der Waals surface area contributed by atoms with E-state index in [0.29, 0.717) is 12.4 Å². The van der Waals surface area contributed by atoms with Crippen LogP contribution in [0.1, 0.15) is 30.9 Å². The van der Waals surface area contributed by atoms with Crippen molar-refractivity contribution < 1.29 is 10.0 Å². The Morgan fingerprint density at radius 3 is 2.76 bits per heavy atom. The van der Waals surface area contributed by atoms with Crippen LogP contribution in [0.5, 0.6) is 0 Å². The van der Waals surface area contributed by atoms with Crippen molar-refractivity contribution in [3.05, 3.63) is 46.7 Å². The van der Waals surface area contributed by atoms with Gasteiger partial charge in [-0.3, -0.25) is 0 Å². The smallest absolute Gasteiger partial charge is 0.178 e. The first-order valence-corrected chi connectivity index (χ1v) is 10.6. The zero-order valence-electron chi connectivity index (χ0n) is 16.4. The van der Waals surface area contributed by atoms with Crippen molar-refractivity contribution in [3.8, 4) is 6.07 Å². The first kappa shape index (κ1) is 19.7. The number of aryl methyl sites for hydroxylation is 1. The molecule has 8 heteroatoms. The van der Waals surface area contributed by atoms with Crippen LogP contribution in [0.25, 0.3) is 5.57 Å². The Balaban J connectivity index is 1.44. The number of aliphatic hydroxyl groups excluding tert-OH is 1. The van der Waals surface area contributed by atoms with Crippen molar-refractivity contribution >= 4 is 22.9 Å². The zero-order chi connectivity index (χ0) is 20.2. The molecule has 0 amide bonds. The molecule has 2 aliphatic heterocycles. The number of halogens is 1. The number of piperazine rings is 1. The van der Waals surface area contributed by atoms with E-state index in [4.69, 9.17) is 11.6 Å². The van der Waals surface area contributed by atoms with Gasteiger partial charge in [-0.1, -0.05) is 24.1 Å². The van der Waals surface area contributed by atoms with Crippen molar-refractivity contribution in [1.82, 2.24) is 14.8 Å². The molecule has 1 fully saturated rings. The molecule has 0 unspecified atom stereocenters. The van der Waals surface area contributed by atoms with Gasteiger partial charge in [-0.15, -0.1) is 10.2 Å². The number of hydrogen-bond acceptors (Lipinski definition) is 5. The predicted molar refractivity (Wildman–Crippen MR) is 112 cm³/mol. The molecular formula is C21H26ClN6O+. The molecular weight excluding hydrogens is 388 g/mol. The summed E-state index contributed by atoms with van der Waals surface area (Å²) in [6.07, 6.45) is 4.18. The topological polar surface area (TPSA) is 82.4 Å². The van der Waals surface area contributed by atoms with Gasteiger partial charge in [0, 0.05) is 23.7 Å². The second kappa shape index (κ2) is 8.85. The maximum atomic E-state index is 10.7. The van der Waals surface area contributed by atoms with Gasteiger partial charge in [0.1, 0.15) is 24.0 Å². The molecule has 0 spiro atoms. The minimum atomic E-state index is 0.109. The maximum Gasteiger partial charge on any atom is 0.178 e. The number of nitriles is 1. The third-order valence-electron chi connectivity index (χ3n) is 5.79. The molecule has 1 aromatic heterocycles. The zero-order valence-corrected chi connectivity index (χ0v) is 17.2. The average molecular weight is 414 g/mol. The Morgan fingerprint density at radius 2 is 2.00 bits per heavy atom. The Bertz CT molecular complexity index is 939. The van der Waals surface area contributed by atoms with E-state index in [0.717, 1.165) is 74.9 Å². The fourth-order valence-electron chi connectivity index (χ4n) is 4.17. The monoisotopic (exact) mass is 413 g/mol.